The van der Waals surface area contributed by atoms with Crippen LogP contribution in [0.15, 0.2) is 12.3 Å². The molecule has 118 valence electrons. The highest BCUT2D eigenvalue weighted by Crippen LogP contribution is 2.29. The summed E-state index contributed by atoms with van der Waals surface area (Å²) in [4.78, 5) is 7.24. The molecule has 0 aliphatic carbocycles. The Kier molecular flexibility index (Phi) is 5.94. The normalized spacial score (nSPS) is 22.9. The van der Waals surface area contributed by atoms with E-state index in [2.05, 4.69) is 62.7 Å². The number of nitrogens with one attached hydrogen (secondary N) is 1. The zero-order valence-electron chi connectivity index (χ0n) is 14.0. The van der Waals surface area contributed by atoms with Gasteiger partial charge in [0.15, 0.2) is 0 Å². The second-order valence-electron chi connectivity index (χ2n) is 6.52. The van der Waals surface area contributed by atoms with Crippen LogP contribution in [-0.2, 0) is 6.54 Å². The smallest absolute Gasteiger partial charge is 0.131 e. The van der Waals surface area contributed by atoms with Gasteiger partial charge in [0.25, 0.3) is 0 Å². The first kappa shape index (κ1) is 16.6. The van der Waals surface area contributed by atoms with Gasteiger partial charge in [0.2, 0.25) is 0 Å². The number of pyridine rings is 1. The lowest BCUT2D eigenvalue weighted by molar-refractivity contribution is 0.551. The van der Waals surface area contributed by atoms with Crippen LogP contribution in [0.5, 0.6) is 0 Å². The second-order valence-corrected chi connectivity index (χ2v) is 8.00. The van der Waals surface area contributed by atoms with E-state index in [-0.39, 0.29) is 0 Å². The molecule has 0 amide bonds. The van der Waals surface area contributed by atoms with Gasteiger partial charge < -0.3 is 10.2 Å². The van der Waals surface area contributed by atoms with Crippen molar-refractivity contribution in [1.29, 1.82) is 0 Å². The molecular weight excluding hydrogens is 278 g/mol. The Morgan fingerprint density at radius 3 is 2.86 bits per heavy atom. The molecule has 2 unspecified atom stereocenters. The zero-order chi connectivity index (χ0) is 15.4. The van der Waals surface area contributed by atoms with Gasteiger partial charge in [-0.25, -0.2) is 4.98 Å². The predicted molar refractivity (Wildman–Crippen MR) is 94.2 cm³/mol. The highest BCUT2D eigenvalue weighted by atomic mass is 32.2. The topological polar surface area (TPSA) is 28.2 Å². The molecule has 0 saturated carbocycles. The molecule has 4 heteroatoms. The van der Waals surface area contributed by atoms with Crippen molar-refractivity contribution < 1.29 is 0 Å². The summed E-state index contributed by atoms with van der Waals surface area (Å²) in [6.45, 7) is 14.4. The van der Waals surface area contributed by atoms with Crippen LogP contribution in [0.1, 0.15) is 38.8 Å². The van der Waals surface area contributed by atoms with E-state index in [4.69, 9.17) is 4.98 Å². The van der Waals surface area contributed by atoms with Gasteiger partial charge in [-0.3, -0.25) is 0 Å². The van der Waals surface area contributed by atoms with Crippen molar-refractivity contribution in [2.45, 2.75) is 52.5 Å². The third-order valence-electron chi connectivity index (χ3n) is 4.14. The number of nitrogens with zero attached hydrogens (tertiary/aromatic N) is 2. The quantitative estimate of drug-likeness (QED) is 0.901. The Morgan fingerprint density at radius 2 is 2.19 bits per heavy atom. The second kappa shape index (κ2) is 7.50. The largest absolute Gasteiger partial charge is 0.352 e. The van der Waals surface area contributed by atoms with E-state index in [1.165, 1.54) is 22.7 Å². The number of aryl methyl sites for hydroxylation is 1. The fourth-order valence-corrected chi connectivity index (χ4v) is 3.86. The van der Waals surface area contributed by atoms with Crippen LogP contribution in [0, 0.1) is 12.8 Å². The van der Waals surface area contributed by atoms with Gasteiger partial charge in [-0.15, -0.1) is 0 Å². The van der Waals surface area contributed by atoms with E-state index in [0.29, 0.717) is 17.2 Å². The average Bonchev–Trinajstić information content (AvgIpc) is 2.42. The van der Waals surface area contributed by atoms with Gasteiger partial charge in [-0.05, 0) is 43.5 Å². The van der Waals surface area contributed by atoms with Gasteiger partial charge in [-0.1, -0.05) is 20.8 Å². The van der Waals surface area contributed by atoms with Crippen molar-refractivity contribution in [1.82, 2.24) is 10.3 Å². The molecule has 1 N–H and O–H groups in total. The van der Waals surface area contributed by atoms with Gasteiger partial charge in [-0.2, -0.15) is 11.8 Å². The monoisotopic (exact) mass is 307 g/mol. The summed E-state index contributed by atoms with van der Waals surface area (Å²) in [6, 6.07) is 2.84. The van der Waals surface area contributed by atoms with Crippen molar-refractivity contribution >= 4 is 17.6 Å². The Hall–Kier alpha value is -0.740. The molecule has 0 radical (unpaired) electrons. The summed E-state index contributed by atoms with van der Waals surface area (Å²) in [7, 11) is 0. The number of hydrogen-bond donors (Lipinski definition) is 1. The number of hydrogen-bond acceptors (Lipinski definition) is 4. The molecule has 1 aromatic rings. The maximum Gasteiger partial charge on any atom is 0.131 e. The molecule has 0 spiro atoms. The Balaban J connectivity index is 2.05. The first-order chi connectivity index (χ1) is 9.99. The molecule has 2 atom stereocenters. The number of anilines is 1. The summed E-state index contributed by atoms with van der Waals surface area (Å²) < 4.78 is 0. The molecule has 1 aromatic heterocycles. The van der Waals surface area contributed by atoms with Crippen LogP contribution in [0.3, 0.4) is 0 Å². The Morgan fingerprint density at radius 1 is 1.43 bits per heavy atom. The minimum atomic E-state index is 0.555. The molecule has 0 bridgehead atoms. The van der Waals surface area contributed by atoms with Crippen LogP contribution in [-0.4, -0.2) is 35.1 Å². The average molecular weight is 308 g/mol. The summed E-state index contributed by atoms with van der Waals surface area (Å²) >= 11 is 2.07. The van der Waals surface area contributed by atoms with E-state index in [1.807, 2.05) is 6.20 Å². The maximum atomic E-state index is 4.76. The first-order valence-corrected chi connectivity index (χ1v) is 9.08. The molecule has 1 saturated heterocycles. The molecule has 21 heavy (non-hydrogen) atoms. The van der Waals surface area contributed by atoms with Gasteiger partial charge in [0, 0.05) is 36.3 Å². The van der Waals surface area contributed by atoms with Crippen LogP contribution in [0.2, 0.25) is 0 Å². The van der Waals surface area contributed by atoms with E-state index >= 15 is 0 Å². The highest BCUT2D eigenvalue weighted by Gasteiger charge is 2.27. The van der Waals surface area contributed by atoms with Crippen LogP contribution in [0.25, 0.3) is 0 Å². The van der Waals surface area contributed by atoms with Gasteiger partial charge >= 0.3 is 0 Å². The third-order valence-corrected chi connectivity index (χ3v) is 5.48. The summed E-state index contributed by atoms with van der Waals surface area (Å²) in [6.07, 6.45) is 2.04. The molecule has 1 aliphatic heterocycles. The minimum absolute atomic E-state index is 0.555. The van der Waals surface area contributed by atoms with Crippen LogP contribution < -0.4 is 10.2 Å². The number of aromatic nitrogens is 1. The molecule has 1 fully saturated rings. The molecule has 2 rings (SSSR count). The number of thioether (sulfide) groups is 1. The molecule has 1 aliphatic rings. The summed E-state index contributed by atoms with van der Waals surface area (Å²) in [5.74, 6) is 3.05. The van der Waals surface area contributed by atoms with Crippen LogP contribution in [0.4, 0.5) is 5.82 Å². The van der Waals surface area contributed by atoms with Crippen molar-refractivity contribution in [3.8, 4) is 0 Å². The Bertz CT molecular complexity index is 461. The van der Waals surface area contributed by atoms with Crippen molar-refractivity contribution in [3.63, 3.8) is 0 Å². The predicted octanol–water partition coefficient (Wildman–Crippen LogP) is 3.47. The lowest BCUT2D eigenvalue weighted by atomic mass is 10.1. The SMILES string of the molecule is Cc1cc(CNCC(C)C)cnc1N1CCSC(C)C1C. The Labute approximate surface area is 133 Å². The van der Waals surface area contributed by atoms with Gasteiger partial charge in [0.05, 0.1) is 0 Å². The third kappa shape index (κ3) is 4.36. The van der Waals surface area contributed by atoms with E-state index in [0.717, 1.165) is 19.6 Å². The maximum absolute atomic E-state index is 4.76. The van der Waals surface area contributed by atoms with Crippen molar-refractivity contribution in [2.24, 2.45) is 5.92 Å². The standard InChI is InChI=1S/C17H29N3S/c1-12(2)9-18-10-16-8-13(3)17(19-11-16)20-6-7-21-15(5)14(20)4/h8,11-12,14-15,18H,6-7,9-10H2,1-5H3. The lowest BCUT2D eigenvalue weighted by Gasteiger charge is -2.39. The molecule has 0 aromatic carbocycles. The zero-order valence-corrected chi connectivity index (χ0v) is 14.8. The first-order valence-electron chi connectivity index (χ1n) is 8.03. The van der Waals surface area contributed by atoms with E-state index in [9.17, 15) is 0 Å². The van der Waals surface area contributed by atoms with E-state index < -0.39 is 0 Å². The number of rotatable bonds is 5. The summed E-state index contributed by atoms with van der Waals surface area (Å²) in [5, 5.41) is 4.16. The molecule has 3 nitrogen and oxygen atoms in total. The van der Waals surface area contributed by atoms with Crippen LogP contribution >= 0.6 is 11.8 Å². The molecular formula is C17H29N3S. The molecule has 2 heterocycles. The fourth-order valence-electron chi connectivity index (χ4n) is 2.76. The minimum Gasteiger partial charge on any atom is -0.352 e. The van der Waals surface area contributed by atoms with Crippen molar-refractivity contribution in [3.05, 3.63) is 23.4 Å². The van der Waals surface area contributed by atoms with Crippen molar-refractivity contribution in [2.75, 3.05) is 23.7 Å². The fraction of sp³-hybridized carbons (Fsp3) is 0.706. The summed E-state index contributed by atoms with van der Waals surface area (Å²) in [5.41, 5.74) is 2.58. The van der Waals surface area contributed by atoms with E-state index in [1.54, 1.807) is 0 Å². The lowest BCUT2D eigenvalue weighted by Crippen LogP contribution is -2.45. The highest BCUT2D eigenvalue weighted by molar-refractivity contribution is 8.00. The van der Waals surface area contributed by atoms with Gasteiger partial charge in [0.1, 0.15) is 5.82 Å².